The minimum atomic E-state index is -4.69. The average Bonchev–Trinajstić information content (AvgIpc) is 2.58. The lowest BCUT2D eigenvalue weighted by molar-refractivity contribution is -0.207. The molecule has 2 aromatic heterocycles. The molecule has 1 N–H and O–H groups in total. The number of hydrogen-bond donors (Lipinski definition) is 1. The van der Waals surface area contributed by atoms with Crippen LogP contribution in [0.2, 0.25) is 0 Å². The standard InChI is InChI=1S/C9H7F3N2O/c10-9(11,12)8(15)7-6-3-1-2-4-14(6)5-13-7/h1-5,8,15H. The number of hydrogen-bond acceptors (Lipinski definition) is 2. The molecule has 0 saturated heterocycles. The van der Waals surface area contributed by atoms with Crippen LogP contribution in [0.25, 0.3) is 5.52 Å². The first-order chi connectivity index (χ1) is 7.00. The number of nitrogens with zero attached hydrogens (tertiary/aromatic N) is 2. The van der Waals surface area contributed by atoms with Gasteiger partial charge in [0.15, 0.2) is 6.10 Å². The van der Waals surface area contributed by atoms with Gasteiger partial charge in [-0.3, -0.25) is 0 Å². The summed E-state index contributed by atoms with van der Waals surface area (Å²) >= 11 is 0. The summed E-state index contributed by atoms with van der Waals surface area (Å²) in [5.74, 6) is 0. The fourth-order valence-electron chi connectivity index (χ4n) is 1.33. The summed E-state index contributed by atoms with van der Waals surface area (Å²) in [5.41, 5.74) is -0.120. The second kappa shape index (κ2) is 3.23. The van der Waals surface area contributed by atoms with E-state index in [2.05, 4.69) is 4.98 Å². The molecule has 2 aromatic rings. The zero-order valence-electron chi connectivity index (χ0n) is 7.44. The van der Waals surface area contributed by atoms with E-state index in [4.69, 9.17) is 5.11 Å². The molecule has 2 rings (SSSR count). The molecule has 0 bridgehead atoms. The first kappa shape index (κ1) is 9.97. The van der Waals surface area contributed by atoms with Crippen LogP contribution < -0.4 is 0 Å². The van der Waals surface area contributed by atoms with E-state index >= 15 is 0 Å². The van der Waals surface area contributed by atoms with Gasteiger partial charge in [0.1, 0.15) is 5.69 Å². The summed E-state index contributed by atoms with van der Waals surface area (Å²) < 4.78 is 38.1. The Morgan fingerprint density at radius 1 is 1.33 bits per heavy atom. The zero-order valence-corrected chi connectivity index (χ0v) is 7.44. The number of fused-ring (bicyclic) bond motifs is 1. The van der Waals surface area contributed by atoms with Crippen LogP contribution in [0.3, 0.4) is 0 Å². The Labute approximate surface area is 82.8 Å². The molecule has 0 saturated carbocycles. The Morgan fingerprint density at radius 2 is 2.07 bits per heavy atom. The highest BCUT2D eigenvalue weighted by Crippen LogP contribution is 2.33. The molecule has 0 spiro atoms. The van der Waals surface area contributed by atoms with E-state index in [0.717, 1.165) is 0 Å². The number of aliphatic hydroxyl groups is 1. The molecule has 0 aromatic carbocycles. The van der Waals surface area contributed by atoms with Crippen molar-refractivity contribution in [3.8, 4) is 0 Å². The molecule has 3 nitrogen and oxygen atoms in total. The van der Waals surface area contributed by atoms with Crippen LogP contribution >= 0.6 is 0 Å². The Morgan fingerprint density at radius 3 is 2.73 bits per heavy atom. The third kappa shape index (κ3) is 1.68. The summed E-state index contributed by atoms with van der Waals surface area (Å²) in [6, 6.07) is 4.72. The maximum Gasteiger partial charge on any atom is 0.420 e. The maximum atomic E-state index is 12.2. The molecule has 0 fully saturated rings. The predicted molar refractivity (Wildman–Crippen MR) is 46.2 cm³/mol. The van der Waals surface area contributed by atoms with Crippen molar-refractivity contribution >= 4 is 5.52 Å². The van der Waals surface area contributed by atoms with Crippen LogP contribution in [-0.4, -0.2) is 20.7 Å². The van der Waals surface area contributed by atoms with Crippen LogP contribution in [0.1, 0.15) is 11.8 Å². The van der Waals surface area contributed by atoms with Crippen molar-refractivity contribution in [3.63, 3.8) is 0 Å². The highest BCUT2D eigenvalue weighted by Gasteiger charge is 2.41. The Kier molecular flexibility index (Phi) is 2.15. The van der Waals surface area contributed by atoms with Crippen LogP contribution in [0, 0.1) is 0 Å². The molecule has 1 atom stereocenters. The number of imidazole rings is 1. The summed E-state index contributed by atoms with van der Waals surface area (Å²) in [7, 11) is 0. The lowest BCUT2D eigenvalue weighted by Gasteiger charge is -2.12. The van der Waals surface area contributed by atoms with Crippen LogP contribution in [-0.2, 0) is 0 Å². The topological polar surface area (TPSA) is 37.5 Å². The Hall–Kier alpha value is -1.56. The van der Waals surface area contributed by atoms with Gasteiger partial charge in [0.05, 0.1) is 11.8 Å². The predicted octanol–water partition coefficient (Wildman–Crippen LogP) is 1.93. The molecule has 1 unspecified atom stereocenters. The Balaban J connectivity index is 2.53. The fraction of sp³-hybridized carbons (Fsp3) is 0.222. The van der Waals surface area contributed by atoms with Crippen LogP contribution in [0.4, 0.5) is 13.2 Å². The van der Waals surface area contributed by atoms with Gasteiger partial charge < -0.3 is 9.51 Å². The van der Waals surface area contributed by atoms with E-state index in [9.17, 15) is 13.2 Å². The molecular weight excluding hydrogens is 209 g/mol. The number of aromatic nitrogens is 2. The van der Waals surface area contributed by atoms with Crippen LogP contribution in [0.5, 0.6) is 0 Å². The molecule has 0 aliphatic heterocycles. The van der Waals surface area contributed by atoms with E-state index in [1.165, 1.54) is 16.8 Å². The SMILES string of the molecule is OC(c1ncn2ccccc12)C(F)(F)F. The van der Waals surface area contributed by atoms with Gasteiger partial charge in [0, 0.05) is 6.20 Å². The number of rotatable bonds is 1. The van der Waals surface area contributed by atoms with Crippen molar-refractivity contribution in [2.75, 3.05) is 0 Å². The molecular formula is C9H7F3N2O. The molecule has 6 heteroatoms. The molecule has 80 valence electrons. The van der Waals surface area contributed by atoms with Gasteiger partial charge in [-0.2, -0.15) is 13.2 Å². The molecule has 2 heterocycles. The van der Waals surface area contributed by atoms with Crippen molar-refractivity contribution < 1.29 is 18.3 Å². The minimum absolute atomic E-state index is 0.252. The van der Waals surface area contributed by atoms with Crippen molar-refractivity contribution in [1.29, 1.82) is 0 Å². The monoisotopic (exact) mass is 216 g/mol. The van der Waals surface area contributed by atoms with Gasteiger partial charge in [0.25, 0.3) is 0 Å². The summed E-state index contributed by atoms with van der Waals surface area (Å²) in [4.78, 5) is 3.55. The lowest BCUT2D eigenvalue weighted by atomic mass is 10.2. The summed E-state index contributed by atoms with van der Waals surface area (Å²) in [6.07, 6.45) is -4.43. The fourth-order valence-corrected chi connectivity index (χ4v) is 1.33. The van der Waals surface area contributed by atoms with Gasteiger partial charge in [-0.1, -0.05) is 6.07 Å². The summed E-state index contributed by atoms with van der Waals surface area (Å²) in [6.45, 7) is 0. The number of pyridine rings is 1. The maximum absolute atomic E-state index is 12.2. The van der Waals surface area contributed by atoms with Crippen molar-refractivity contribution in [3.05, 3.63) is 36.4 Å². The first-order valence-corrected chi connectivity index (χ1v) is 4.16. The third-order valence-corrected chi connectivity index (χ3v) is 2.04. The van der Waals surface area contributed by atoms with E-state index in [1.54, 1.807) is 18.3 Å². The molecule has 15 heavy (non-hydrogen) atoms. The minimum Gasteiger partial charge on any atom is -0.378 e. The van der Waals surface area contributed by atoms with Gasteiger partial charge in [0.2, 0.25) is 0 Å². The smallest absolute Gasteiger partial charge is 0.378 e. The molecule has 0 amide bonds. The molecule has 0 radical (unpaired) electrons. The number of aliphatic hydroxyl groups excluding tert-OH is 1. The normalized spacial score (nSPS) is 14.4. The van der Waals surface area contributed by atoms with E-state index < -0.39 is 12.3 Å². The number of alkyl halides is 3. The highest BCUT2D eigenvalue weighted by molar-refractivity contribution is 5.52. The van der Waals surface area contributed by atoms with Gasteiger partial charge in [-0.25, -0.2) is 4.98 Å². The lowest BCUT2D eigenvalue weighted by Crippen LogP contribution is -2.20. The van der Waals surface area contributed by atoms with Gasteiger partial charge >= 0.3 is 6.18 Å². The van der Waals surface area contributed by atoms with Crippen molar-refractivity contribution in [2.24, 2.45) is 0 Å². The summed E-state index contributed by atoms with van der Waals surface area (Å²) in [5, 5.41) is 9.04. The third-order valence-electron chi connectivity index (χ3n) is 2.04. The Bertz CT molecular complexity index is 477. The van der Waals surface area contributed by atoms with Gasteiger partial charge in [-0.15, -0.1) is 0 Å². The number of halogens is 3. The van der Waals surface area contributed by atoms with Crippen molar-refractivity contribution in [1.82, 2.24) is 9.38 Å². The molecule has 0 aliphatic carbocycles. The van der Waals surface area contributed by atoms with E-state index in [0.29, 0.717) is 0 Å². The van der Waals surface area contributed by atoms with Gasteiger partial charge in [-0.05, 0) is 12.1 Å². The second-order valence-electron chi connectivity index (χ2n) is 3.07. The van der Waals surface area contributed by atoms with Crippen molar-refractivity contribution in [2.45, 2.75) is 12.3 Å². The molecule has 0 aliphatic rings. The van der Waals surface area contributed by atoms with E-state index in [-0.39, 0.29) is 11.2 Å². The highest BCUT2D eigenvalue weighted by atomic mass is 19.4. The second-order valence-corrected chi connectivity index (χ2v) is 3.07. The quantitative estimate of drug-likeness (QED) is 0.790. The zero-order chi connectivity index (χ0) is 11.1. The first-order valence-electron chi connectivity index (χ1n) is 4.16. The average molecular weight is 216 g/mol. The van der Waals surface area contributed by atoms with E-state index in [1.807, 2.05) is 0 Å². The van der Waals surface area contributed by atoms with Crippen LogP contribution in [0.15, 0.2) is 30.7 Å². The largest absolute Gasteiger partial charge is 0.420 e.